The third-order valence-electron chi connectivity index (χ3n) is 7.63. The molecule has 0 saturated carbocycles. The number of fused-ring (bicyclic) bond motifs is 2. The Morgan fingerprint density at radius 3 is 2.47 bits per heavy atom. The lowest BCUT2D eigenvalue weighted by molar-refractivity contribution is -0.286. The Bertz CT molecular complexity index is 1360. The van der Waals surface area contributed by atoms with Crippen LogP contribution in [0.5, 0.6) is 11.5 Å². The SMILES string of the molecule is O=C1CCC(N2Cc3c(cc(F)c(C4CCN(Cc5ccc6c(c5)OC(F)(F)O6)CC4)c3F)C2=O)C(=O)N1. The van der Waals surface area contributed by atoms with E-state index in [4.69, 9.17) is 0 Å². The normalized spacial score (nSPS) is 23.1. The van der Waals surface area contributed by atoms with Crippen LogP contribution in [-0.2, 0) is 22.7 Å². The second-order valence-corrected chi connectivity index (χ2v) is 10.0. The van der Waals surface area contributed by atoms with E-state index in [9.17, 15) is 23.2 Å². The summed E-state index contributed by atoms with van der Waals surface area (Å²) in [5.41, 5.74) is 0.645. The van der Waals surface area contributed by atoms with Gasteiger partial charge < -0.3 is 14.4 Å². The number of benzene rings is 2. The van der Waals surface area contributed by atoms with Crippen molar-refractivity contribution in [3.8, 4) is 11.5 Å². The van der Waals surface area contributed by atoms with Crippen LogP contribution in [0.4, 0.5) is 17.6 Å². The quantitative estimate of drug-likeness (QED) is 0.479. The summed E-state index contributed by atoms with van der Waals surface area (Å²) < 4.78 is 66.3. The van der Waals surface area contributed by atoms with Crippen LogP contribution in [0, 0.1) is 11.6 Å². The van der Waals surface area contributed by atoms with Crippen LogP contribution >= 0.6 is 0 Å². The van der Waals surface area contributed by atoms with Gasteiger partial charge in [0, 0.05) is 24.1 Å². The van der Waals surface area contributed by atoms with E-state index in [2.05, 4.69) is 19.7 Å². The Kier molecular flexibility index (Phi) is 5.82. The average molecular weight is 533 g/mol. The van der Waals surface area contributed by atoms with Crippen LogP contribution in [0.2, 0.25) is 0 Å². The van der Waals surface area contributed by atoms with Crippen molar-refractivity contribution in [1.29, 1.82) is 0 Å². The molecule has 3 amide bonds. The number of ether oxygens (including phenoxy) is 2. The number of rotatable bonds is 4. The number of alkyl halides is 2. The molecule has 2 aromatic carbocycles. The standard InChI is InChI=1S/C26H23F4N3O5/c27-17-10-15-16(12-33(25(15)36)18-2-4-21(34)31-24(18)35)23(28)22(17)14-5-7-32(8-6-14)11-13-1-3-19-20(9-13)38-26(29,30)37-19/h1,3,9-10,14,18H,2,4-8,11-12H2,(H,31,34,35). The van der Waals surface area contributed by atoms with Gasteiger partial charge in [-0.15, -0.1) is 8.78 Å². The summed E-state index contributed by atoms with van der Waals surface area (Å²) in [7, 11) is 0. The van der Waals surface area contributed by atoms with Crippen molar-refractivity contribution in [1.82, 2.24) is 15.1 Å². The van der Waals surface area contributed by atoms with Crippen LogP contribution in [0.15, 0.2) is 24.3 Å². The number of hydrogen-bond acceptors (Lipinski definition) is 6. The fourth-order valence-electron chi connectivity index (χ4n) is 5.75. The summed E-state index contributed by atoms with van der Waals surface area (Å²) in [6, 6.07) is 4.72. The van der Waals surface area contributed by atoms with Gasteiger partial charge in [-0.3, -0.25) is 24.6 Å². The van der Waals surface area contributed by atoms with Crippen molar-refractivity contribution in [3.05, 3.63) is 58.2 Å². The molecule has 6 rings (SSSR count). The van der Waals surface area contributed by atoms with E-state index >= 15 is 8.78 Å². The second-order valence-electron chi connectivity index (χ2n) is 10.0. The van der Waals surface area contributed by atoms with E-state index in [0.717, 1.165) is 11.6 Å². The molecule has 0 aromatic heterocycles. The zero-order valence-corrected chi connectivity index (χ0v) is 20.1. The van der Waals surface area contributed by atoms with Gasteiger partial charge in [0.1, 0.15) is 17.7 Å². The molecule has 0 bridgehead atoms. The Hall–Kier alpha value is -3.67. The first-order valence-electron chi connectivity index (χ1n) is 12.4. The number of halogens is 4. The fraction of sp³-hybridized carbons (Fsp3) is 0.423. The molecule has 12 heteroatoms. The minimum absolute atomic E-state index is 0.0327. The molecule has 2 fully saturated rings. The highest BCUT2D eigenvalue weighted by molar-refractivity contribution is 6.05. The summed E-state index contributed by atoms with van der Waals surface area (Å²) in [6.45, 7) is 1.32. The summed E-state index contributed by atoms with van der Waals surface area (Å²) in [5, 5.41) is 2.19. The summed E-state index contributed by atoms with van der Waals surface area (Å²) >= 11 is 0. The Morgan fingerprint density at radius 2 is 1.74 bits per heavy atom. The summed E-state index contributed by atoms with van der Waals surface area (Å²) in [4.78, 5) is 39.9. The van der Waals surface area contributed by atoms with Crippen molar-refractivity contribution < 1.29 is 41.4 Å². The molecule has 0 aliphatic carbocycles. The number of nitrogens with one attached hydrogen (secondary N) is 1. The van der Waals surface area contributed by atoms with Crippen molar-refractivity contribution in [3.63, 3.8) is 0 Å². The highest BCUT2D eigenvalue weighted by Gasteiger charge is 2.44. The molecule has 0 radical (unpaired) electrons. The van der Waals surface area contributed by atoms with E-state index in [0.29, 0.717) is 32.5 Å². The lowest BCUT2D eigenvalue weighted by Crippen LogP contribution is -2.52. The second kappa shape index (κ2) is 8.97. The van der Waals surface area contributed by atoms with E-state index in [1.54, 1.807) is 6.07 Å². The first kappa shape index (κ1) is 24.7. The van der Waals surface area contributed by atoms with Gasteiger partial charge in [0.05, 0.1) is 12.1 Å². The fourth-order valence-corrected chi connectivity index (χ4v) is 5.75. The molecular weight excluding hydrogens is 510 g/mol. The van der Waals surface area contributed by atoms with Crippen molar-refractivity contribution in [2.75, 3.05) is 13.1 Å². The van der Waals surface area contributed by atoms with E-state index in [1.807, 2.05) is 0 Å². The molecule has 4 aliphatic heterocycles. The lowest BCUT2D eigenvalue weighted by Gasteiger charge is -2.32. The third kappa shape index (κ3) is 4.26. The average Bonchev–Trinajstić information content (AvgIpc) is 3.35. The highest BCUT2D eigenvalue weighted by Crippen LogP contribution is 2.42. The maximum absolute atomic E-state index is 15.7. The van der Waals surface area contributed by atoms with Gasteiger partial charge in [-0.25, -0.2) is 8.78 Å². The van der Waals surface area contributed by atoms with Crippen molar-refractivity contribution in [2.24, 2.45) is 0 Å². The monoisotopic (exact) mass is 533 g/mol. The largest absolute Gasteiger partial charge is 0.586 e. The highest BCUT2D eigenvalue weighted by atomic mass is 19.3. The van der Waals surface area contributed by atoms with Crippen molar-refractivity contribution in [2.45, 2.75) is 57.0 Å². The van der Waals surface area contributed by atoms with Crippen LogP contribution < -0.4 is 14.8 Å². The van der Waals surface area contributed by atoms with Gasteiger partial charge in [0.25, 0.3) is 5.91 Å². The molecule has 1 unspecified atom stereocenters. The number of carbonyl (C=O) groups excluding carboxylic acids is 3. The Labute approximate surface area is 214 Å². The number of amides is 3. The molecule has 1 atom stereocenters. The first-order chi connectivity index (χ1) is 18.1. The lowest BCUT2D eigenvalue weighted by atomic mass is 9.86. The Balaban J connectivity index is 1.14. The minimum atomic E-state index is -3.69. The van der Waals surface area contributed by atoms with E-state index in [-0.39, 0.29) is 47.6 Å². The maximum atomic E-state index is 15.7. The van der Waals surface area contributed by atoms with Gasteiger partial charge in [-0.1, -0.05) is 6.07 Å². The van der Waals surface area contributed by atoms with E-state index < -0.39 is 47.6 Å². The van der Waals surface area contributed by atoms with Crippen LogP contribution in [0.3, 0.4) is 0 Å². The van der Waals surface area contributed by atoms with Crippen LogP contribution in [-0.4, -0.2) is 52.9 Å². The molecule has 8 nitrogen and oxygen atoms in total. The summed E-state index contributed by atoms with van der Waals surface area (Å²) in [5.74, 6) is -3.72. The molecule has 1 N–H and O–H groups in total. The van der Waals surface area contributed by atoms with Crippen LogP contribution in [0.1, 0.15) is 58.6 Å². The number of hydrogen-bond donors (Lipinski definition) is 1. The number of likely N-dealkylation sites (tertiary alicyclic amines) is 1. The number of piperidine rings is 2. The predicted octanol–water partition coefficient (Wildman–Crippen LogP) is 3.43. The van der Waals surface area contributed by atoms with Gasteiger partial charge in [-0.2, -0.15) is 0 Å². The van der Waals surface area contributed by atoms with Gasteiger partial charge in [0.15, 0.2) is 11.5 Å². The van der Waals surface area contributed by atoms with Gasteiger partial charge in [0.2, 0.25) is 11.8 Å². The summed E-state index contributed by atoms with van der Waals surface area (Å²) in [6.07, 6.45) is -2.57. The maximum Gasteiger partial charge on any atom is 0.586 e. The van der Waals surface area contributed by atoms with Crippen LogP contribution in [0.25, 0.3) is 0 Å². The first-order valence-corrected chi connectivity index (χ1v) is 12.4. The number of nitrogens with zero attached hydrogens (tertiary/aromatic N) is 2. The molecule has 200 valence electrons. The topological polar surface area (TPSA) is 88.2 Å². The predicted molar refractivity (Wildman–Crippen MR) is 122 cm³/mol. The van der Waals surface area contributed by atoms with Gasteiger partial charge in [-0.05, 0) is 62.0 Å². The third-order valence-corrected chi connectivity index (χ3v) is 7.63. The van der Waals surface area contributed by atoms with Crippen molar-refractivity contribution >= 4 is 17.7 Å². The molecular formula is C26H23F4N3O5. The Morgan fingerprint density at radius 1 is 1.00 bits per heavy atom. The minimum Gasteiger partial charge on any atom is -0.395 e. The molecule has 0 spiro atoms. The zero-order valence-electron chi connectivity index (χ0n) is 20.1. The smallest absolute Gasteiger partial charge is 0.395 e. The number of carbonyl (C=O) groups is 3. The molecule has 4 heterocycles. The molecule has 4 aliphatic rings. The molecule has 38 heavy (non-hydrogen) atoms. The number of imide groups is 1. The van der Waals surface area contributed by atoms with Gasteiger partial charge >= 0.3 is 6.29 Å². The molecule has 2 saturated heterocycles. The van der Waals surface area contributed by atoms with E-state index in [1.165, 1.54) is 17.0 Å². The zero-order chi connectivity index (χ0) is 26.8. The molecule has 2 aromatic rings.